The molecule has 202 valence electrons. The summed E-state index contributed by atoms with van der Waals surface area (Å²) < 4.78 is 11.6. The van der Waals surface area contributed by atoms with E-state index >= 15 is 0 Å². The molecule has 7 rings (SSSR count). The van der Waals surface area contributed by atoms with E-state index in [9.17, 15) is 9.59 Å². The second-order valence-electron chi connectivity index (χ2n) is 11.1. The largest absolute Gasteiger partial charge is 0.477 e. The molecule has 3 aromatic rings. The third-order valence-corrected chi connectivity index (χ3v) is 8.35. The number of carbonyl (C=O) groups is 2. The second kappa shape index (κ2) is 10.1. The van der Waals surface area contributed by atoms with Gasteiger partial charge in [-0.1, -0.05) is 6.07 Å². The zero-order valence-corrected chi connectivity index (χ0v) is 21.9. The minimum atomic E-state index is -0.0425. The van der Waals surface area contributed by atoms with Gasteiger partial charge in [0, 0.05) is 56.6 Å². The van der Waals surface area contributed by atoms with Gasteiger partial charge in [0.15, 0.2) is 0 Å². The van der Waals surface area contributed by atoms with Gasteiger partial charge in [0.05, 0.1) is 24.4 Å². The van der Waals surface area contributed by atoms with Gasteiger partial charge in [0.25, 0.3) is 11.8 Å². The van der Waals surface area contributed by atoms with Crippen LogP contribution in [-0.2, 0) is 30.8 Å². The summed E-state index contributed by atoms with van der Waals surface area (Å²) in [6.07, 6.45) is 6.58. The van der Waals surface area contributed by atoms with Crippen LogP contribution in [0.25, 0.3) is 0 Å². The molecule has 1 aromatic carbocycles. The molecular formula is C29H32N6O4. The van der Waals surface area contributed by atoms with Crippen molar-refractivity contribution in [3.05, 3.63) is 69.7 Å². The quantitative estimate of drug-likeness (QED) is 0.523. The first kappa shape index (κ1) is 24.3. The average molecular weight is 529 g/mol. The van der Waals surface area contributed by atoms with Gasteiger partial charge < -0.3 is 19.3 Å². The SMILES string of the molecule is O=C(c1cnc(OCC2CCOCC2)c(C2CC2)c1)N1Cc2ccc(C(=O)N3CCc4n[nH]nc4C3)cc2C1. The number of aromatic amines is 1. The van der Waals surface area contributed by atoms with E-state index in [0.717, 1.165) is 67.0 Å². The molecule has 4 aliphatic rings. The van der Waals surface area contributed by atoms with Crippen LogP contribution in [0.1, 0.15) is 80.4 Å². The molecule has 39 heavy (non-hydrogen) atoms. The number of rotatable bonds is 6. The molecule has 10 heteroatoms. The predicted molar refractivity (Wildman–Crippen MR) is 140 cm³/mol. The number of benzene rings is 1. The van der Waals surface area contributed by atoms with Gasteiger partial charge in [0.1, 0.15) is 5.69 Å². The van der Waals surface area contributed by atoms with Crippen LogP contribution in [0.2, 0.25) is 0 Å². The number of fused-ring (bicyclic) bond motifs is 2. The highest BCUT2D eigenvalue weighted by Gasteiger charge is 2.32. The van der Waals surface area contributed by atoms with Crippen LogP contribution < -0.4 is 4.74 Å². The van der Waals surface area contributed by atoms with E-state index in [1.165, 1.54) is 0 Å². The maximum Gasteiger partial charge on any atom is 0.256 e. The Hall–Kier alpha value is -3.79. The monoisotopic (exact) mass is 528 g/mol. The van der Waals surface area contributed by atoms with E-state index in [2.05, 4.69) is 20.4 Å². The fourth-order valence-corrected chi connectivity index (χ4v) is 5.82. The Morgan fingerprint density at radius 2 is 1.72 bits per heavy atom. The summed E-state index contributed by atoms with van der Waals surface area (Å²) >= 11 is 0. The fourth-order valence-electron chi connectivity index (χ4n) is 5.82. The summed E-state index contributed by atoms with van der Waals surface area (Å²) in [6, 6.07) is 7.76. The van der Waals surface area contributed by atoms with Crippen molar-refractivity contribution >= 4 is 11.8 Å². The number of carbonyl (C=O) groups excluding carboxylic acids is 2. The van der Waals surface area contributed by atoms with Crippen LogP contribution in [-0.4, -0.2) is 68.4 Å². The number of H-pyrrole nitrogens is 1. The highest BCUT2D eigenvalue weighted by molar-refractivity contribution is 5.96. The minimum Gasteiger partial charge on any atom is -0.477 e. The molecule has 3 aliphatic heterocycles. The molecule has 5 heterocycles. The molecule has 2 aromatic heterocycles. The summed E-state index contributed by atoms with van der Waals surface area (Å²) in [4.78, 5) is 35.0. The summed E-state index contributed by atoms with van der Waals surface area (Å²) in [7, 11) is 0. The Morgan fingerprint density at radius 3 is 2.56 bits per heavy atom. The number of nitrogens with one attached hydrogen (secondary N) is 1. The smallest absolute Gasteiger partial charge is 0.256 e. The molecular weight excluding hydrogens is 496 g/mol. The lowest BCUT2D eigenvalue weighted by Gasteiger charge is -2.25. The van der Waals surface area contributed by atoms with Gasteiger partial charge in [0.2, 0.25) is 5.88 Å². The summed E-state index contributed by atoms with van der Waals surface area (Å²) in [5.74, 6) is 1.51. The van der Waals surface area contributed by atoms with Crippen molar-refractivity contribution in [3.63, 3.8) is 0 Å². The van der Waals surface area contributed by atoms with Gasteiger partial charge in [-0.2, -0.15) is 15.4 Å². The Kier molecular flexibility index (Phi) is 6.27. The normalized spacial score (nSPS) is 19.1. The minimum absolute atomic E-state index is 0.0224. The maximum absolute atomic E-state index is 13.5. The summed E-state index contributed by atoms with van der Waals surface area (Å²) in [5, 5.41) is 11.0. The fraction of sp³-hybridized carbons (Fsp3) is 0.483. The number of ether oxygens (including phenoxy) is 2. The molecule has 2 fully saturated rings. The number of nitrogens with zero attached hydrogens (tertiary/aromatic N) is 5. The van der Waals surface area contributed by atoms with Crippen molar-refractivity contribution < 1.29 is 19.1 Å². The predicted octanol–water partition coefficient (Wildman–Crippen LogP) is 3.24. The Bertz CT molecular complexity index is 1410. The number of pyridine rings is 1. The van der Waals surface area contributed by atoms with E-state index in [-0.39, 0.29) is 11.8 Å². The second-order valence-corrected chi connectivity index (χ2v) is 11.1. The van der Waals surface area contributed by atoms with Crippen molar-refractivity contribution in [2.45, 2.75) is 57.7 Å². The maximum atomic E-state index is 13.5. The first-order chi connectivity index (χ1) is 19.1. The van der Waals surface area contributed by atoms with Crippen molar-refractivity contribution in [1.82, 2.24) is 30.2 Å². The highest BCUT2D eigenvalue weighted by atomic mass is 16.5. The zero-order valence-electron chi connectivity index (χ0n) is 21.9. The van der Waals surface area contributed by atoms with Gasteiger partial charge in [-0.25, -0.2) is 4.98 Å². The van der Waals surface area contributed by atoms with E-state index < -0.39 is 0 Å². The van der Waals surface area contributed by atoms with E-state index in [4.69, 9.17) is 9.47 Å². The molecule has 1 N–H and O–H groups in total. The van der Waals surface area contributed by atoms with Crippen LogP contribution in [0.3, 0.4) is 0 Å². The summed E-state index contributed by atoms with van der Waals surface area (Å²) in [5.41, 5.74) is 6.13. The molecule has 0 atom stereocenters. The summed E-state index contributed by atoms with van der Waals surface area (Å²) in [6.45, 7) is 4.30. The van der Waals surface area contributed by atoms with E-state index in [1.54, 1.807) is 11.1 Å². The average Bonchev–Trinajstić information content (AvgIpc) is 3.56. The van der Waals surface area contributed by atoms with Crippen molar-refractivity contribution in [1.29, 1.82) is 0 Å². The number of hydrogen-bond donors (Lipinski definition) is 1. The molecule has 0 bridgehead atoms. The lowest BCUT2D eigenvalue weighted by atomic mass is 10.0. The van der Waals surface area contributed by atoms with Gasteiger partial charge in [-0.15, -0.1) is 0 Å². The Balaban J connectivity index is 1.03. The molecule has 1 saturated heterocycles. The van der Waals surface area contributed by atoms with E-state index in [0.29, 0.717) is 68.0 Å². The molecule has 2 amide bonds. The molecule has 0 spiro atoms. The third kappa shape index (κ3) is 4.89. The van der Waals surface area contributed by atoms with Gasteiger partial charge in [-0.3, -0.25) is 9.59 Å². The Morgan fingerprint density at radius 1 is 0.923 bits per heavy atom. The molecule has 1 saturated carbocycles. The van der Waals surface area contributed by atoms with Crippen molar-refractivity contribution in [2.75, 3.05) is 26.4 Å². The Labute approximate surface area is 226 Å². The lowest BCUT2D eigenvalue weighted by Crippen LogP contribution is -2.36. The number of hydrogen-bond acceptors (Lipinski definition) is 7. The van der Waals surface area contributed by atoms with Crippen LogP contribution in [0.15, 0.2) is 30.5 Å². The molecule has 1 aliphatic carbocycles. The molecule has 0 unspecified atom stereocenters. The van der Waals surface area contributed by atoms with Crippen LogP contribution in [0.5, 0.6) is 5.88 Å². The van der Waals surface area contributed by atoms with Crippen LogP contribution >= 0.6 is 0 Å². The lowest BCUT2D eigenvalue weighted by molar-refractivity contribution is 0.0488. The first-order valence-corrected chi connectivity index (χ1v) is 13.9. The van der Waals surface area contributed by atoms with Crippen LogP contribution in [0.4, 0.5) is 0 Å². The van der Waals surface area contributed by atoms with Gasteiger partial charge in [-0.05, 0) is 66.8 Å². The van der Waals surface area contributed by atoms with Gasteiger partial charge >= 0.3 is 0 Å². The zero-order chi connectivity index (χ0) is 26.3. The standard InChI is InChI=1S/C29H32N6O4/c36-28(34-8-5-25-26(16-34)32-33-31-25)20-3-4-21-14-35(15-23(21)11-20)29(37)22-12-24(19-1-2-19)27(30-13-22)39-17-18-6-9-38-10-7-18/h3-4,11-13,18-19H,1-2,5-10,14-17H2,(H,31,32,33). The number of amides is 2. The highest BCUT2D eigenvalue weighted by Crippen LogP contribution is 2.44. The molecule has 10 nitrogen and oxygen atoms in total. The third-order valence-electron chi connectivity index (χ3n) is 8.35. The van der Waals surface area contributed by atoms with Crippen molar-refractivity contribution in [3.8, 4) is 5.88 Å². The van der Waals surface area contributed by atoms with E-state index in [1.807, 2.05) is 29.2 Å². The number of aromatic nitrogens is 4. The topological polar surface area (TPSA) is 114 Å². The van der Waals surface area contributed by atoms with Crippen LogP contribution in [0, 0.1) is 5.92 Å². The first-order valence-electron chi connectivity index (χ1n) is 13.9. The van der Waals surface area contributed by atoms with Crippen molar-refractivity contribution in [2.24, 2.45) is 5.92 Å². The molecule has 0 radical (unpaired) electrons.